The van der Waals surface area contributed by atoms with E-state index in [1.54, 1.807) is 6.07 Å². The van der Waals surface area contributed by atoms with Crippen LogP contribution in [0.5, 0.6) is 5.75 Å². The lowest BCUT2D eigenvalue weighted by Gasteiger charge is -2.12. The third-order valence-corrected chi connectivity index (χ3v) is 2.18. The van der Waals surface area contributed by atoms with Gasteiger partial charge >= 0.3 is 12.3 Å². The Hall–Kier alpha value is -2.30. The van der Waals surface area contributed by atoms with Crippen molar-refractivity contribution in [3.8, 4) is 11.8 Å². The third-order valence-electron chi connectivity index (χ3n) is 2.18. The number of halogens is 4. The zero-order valence-electron chi connectivity index (χ0n) is 10.3. The predicted octanol–water partition coefficient (Wildman–Crippen LogP) is 2.70. The van der Waals surface area contributed by atoms with Crippen LogP contribution in [0.2, 0.25) is 0 Å². The number of hydrogen-bond acceptors (Lipinski definition) is 4. The van der Waals surface area contributed by atoms with Crippen LogP contribution in [0.4, 0.5) is 17.6 Å². The second-order valence-corrected chi connectivity index (χ2v) is 3.55. The molecule has 108 valence electrons. The first-order valence-electron chi connectivity index (χ1n) is 5.41. The summed E-state index contributed by atoms with van der Waals surface area (Å²) in [7, 11) is 0. The minimum Gasteiger partial charge on any atom is -0.466 e. The smallest absolute Gasteiger partial charge is 0.466 e. The molecule has 0 aromatic heterocycles. The molecule has 20 heavy (non-hydrogen) atoms. The Balaban J connectivity index is 3.16. The molecule has 0 aliphatic rings. The number of rotatable bonds is 4. The van der Waals surface area contributed by atoms with Gasteiger partial charge in [0.2, 0.25) is 0 Å². The molecular formula is C12H9F4NO3. The Morgan fingerprint density at radius 1 is 1.40 bits per heavy atom. The van der Waals surface area contributed by atoms with Crippen molar-refractivity contribution in [2.24, 2.45) is 0 Å². The van der Waals surface area contributed by atoms with Crippen molar-refractivity contribution in [3.63, 3.8) is 0 Å². The summed E-state index contributed by atoms with van der Waals surface area (Å²) < 4.78 is 58.1. The van der Waals surface area contributed by atoms with E-state index in [4.69, 9.17) is 5.26 Å². The molecule has 0 aliphatic carbocycles. The number of benzene rings is 1. The number of ether oxygens (including phenoxy) is 2. The molecule has 0 N–H and O–H groups in total. The van der Waals surface area contributed by atoms with Gasteiger partial charge in [0.1, 0.15) is 0 Å². The molecule has 0 aliphatic heterocycles. The van der Waals surface area contributed by atoms with Crippen LogP contribution in [0.15, 0.2) is 12.1 Å². The summed E-state index contributed by atoms with van der Waals surface area (Å²) in [5, 5.41) is 8.78. The maximum absolute atomic E-state index is 13.9. The number of carbonyl (C=O) groups is 1. The molecule has 1 rings (SSSR count). The van der Waals surface area contributed by atoms with Crippen molar-refractivity contribution in [2.75, 3.05) is 6.61 Å². The number of nitriles is 1. The van der Waals surface area contributed by atoms with Crippen molar-refractivity contribution in [3.05, 3.63) is 29.1 Å². The molecule has 0 atom stereocenters. The quantitative estimate of drug-likeness (QED) is 0.632. The highest BCUT2D eigenvalue weighted by Gasteiger charge is 2.33. The van der Waals surface area contributed by atoms with E-state index in [2.05, 4.69) is 9.47 Å². The summed E-state index contributed by atoms with van der Waals surface area (Å²) >= 11 is 0. The summed E-state index contributed by atoms with van der Waals surface area (Å²) in [5.41, 5.74) is -0.752. The monoisotopic (exact) mass is 291 g/mol. The van der Waals surface area contributed by atoms with E-state index in [1.165, 1.54) is 6.92 Å². The normalized spacial score (nSPS) is 10.8. The second-order valence-electron chi connectivity index (χ2n) is 3.55. The van der Waals surface area contributed by atoms with Gasteiger partial charge in [-0.25, -0.2) is 4.39 Å². The molecule has 0 bridgehead atoms. The van der Waals surface area contributed by atoms with Gasteiger partial charge in [0.25, 0.3) is 0 Å². The van der Waals surface area contributed by atoms with Crippen molar-refractivity contribution in [1.82, 2.24) is 0 Å². The standard InChI is InChI=1S/C12H9F4NO3/c1-2-19-10(18)5-8-7(6-17)3-4-9(11(8)13)20-12(14,15)16/h3-4H,2,5H2,1H3. The van der Waals surface area contributed by atoms with Crippen molar-refractivity contribution < 1.29 is 31.8 Å². The molecule has 0 saturated carbocycles. The van der Waals surface area contributed by atoms with E-state index in [0.29, 0.717) is 6.07 Å². The van der Waals surface area contributed by atoms with E-state index < -0.39 is 35.9 Å². The SMILES string of the molecule is CCOC(=O)Cc1c(C#N)ccc(OC(F)(F)F)c1F. The molecule has 0 radical (unpaired) electrons. The lowest BCUT2D eigenvalue weighted by molar-refractivity contribution is -0.275. The Morgan fingerprint density at radius 3 is 2.55 bits per heavy atom. The van der Waals surface area contributed by atoms with Gasteiger partial charge in [0.15, 0.2) is 11.6 Å². The summed E-state index contributed by atoms with van der Waals surface area (Å²) in [6.45, 7) is 1.55. The molecule has 8 heteroatoms. The number of hydrogen-bond donors (Lipinski definition) is 0. The fourth-order valence-corrected chi connectivity index (χ4v) is 1.44. The van der Waals surface area contributed by atoms with Gasteiger partial charge in [-0.05, 0) is 19.1 Å². The maximum Gasteiger partial charge on any atom is 0.573 e. The number of carbonyl (C=O) groups excluding carboxylic acids is 1. The topological polar surface area (TPSA) is 59.3 Å². The zero-order chi connectivity index (χ0) is 15.3. The highest BCUT2D eigenvalue weighted by atomic mass is 19.4. The van der Waals surface area contributed by atoms with E-state index >= 15 is 0 Å². The first-order valence-corrected chi connectivity index (χ1v) is 5.41. The molecule has 0 saturated heterocycles. The fraction of sp³-hybridized carbons (Fsp3) is 0.333. The third kappa shape index (κ3) is 4.12. The van der Waals surface area contributed by atoms with Gasteiger partial charge in [-0.1, -0.05) is 0 Å². The molecule has 0 fully saturated rings. The highest BCUT2D eigenvalue weighted by molar-refractivity contribution is 5.74. The molecule has 0 unspecified atom stereocenters. The van der Waals surface area contributed by atoms with Crippen LogP contribution in [-0.4, -0.2) is 18.9 Å². The fourth-order valence-electron chi connectivity index (χ4n) is 1.44. The van der Waals surface area contributed by atoms with Crippen LogP contribution < -0.4 is 4.74 Å². The average Bonchev–Trinajstić information content (AvgIpc) is 2.33. The molecular weight excluding hydrogens is 282 g/mol. The summed E-state index contributed by atoms with van der Waals surface area (Å²) in [6.07, 6.45) is -5.73. The van der Waals surface area contributed by atoms with Gasteiger partial charge < -0.3 is 9.47 Å². The Labute approximate surface area is 111 Å². The first-order chi connectivity index (χ1) is 9.28. The van der Waals surface area contributed by atoms with Gasteiger partial charge in [-0.3, -0.25) is 4.79 Å². The minimum atomic E-state index is -5.07. The van der Waals surface area contributed by atoms with Gasteiger partial charge in [-0.2, -0.15) is 5.26 Å². The van der Waals surface area contributed by atoms with E-state index in [-0.39, 0.29) is 12.2 Å². The highest BCUT2D eigenvalue weighted by Crippen LogP contribution is 2.29. The van der Waals surface area contributed by atoms with Gasteiger partial charge in [-0.15, -0.1) is 13.2 Å². The molecule has 4 nitrogen and oxygen atoms in total. The summed E-state index contributed by atoms with van der Waals surface area (Å²) in [5.74, 6) is -3.36. The van der Waals surface area contributed by atoms with E-state index in [1.807, 2.05) is 0 Å². The molecule has 0 spiro atoms. The predicted molar refractivity (Wildman–Crippen MR) is 58.1 cm³/mol. The molecule has 0 heterocycles. The van der Waals surface area contributed by atoms with Crippen LogP contribution in [0.25, 0.3) is 0 Å². The maximum atomic E-state index is 13.9. The number of esters is 1. The van der Waals surface area contributed by atoms with Crippen LogP contribution in [0, 0.1) is 17.1 Å². The average molecular weight is 291 g/mol. The summed E-state index contributed by atoms with van der Waals surface area (Å²) in [4.78, 5) is 11.3. The Kier molecular flexibility index (Phi) is 4.91. The van der Waals surface area contributed by atoms with E-state index in [0.717, 1.165) is 6.07 Å². The molecule has 0 amide bonds. The minimum absolute atomic E-state index is 0.0289. The zero-order valence-corrected chi connectivity index (χ0v) is 10.3. The van der Waals surface area contributed by atoms with Crippen molar-refractivity contribution in [2.45, 2.75) is 19.7 Å². The second kappa shape index (κ2) is 6.23. The van der Waals surface area contributed by atoms with Crippen LogP contribution in [-0.2, 0) is 16.0 Å². The number of nitrogens with zero attached hydrogens (tertiary/aromatic N) is 1. The van der Waals surface area contributed by atoms with Gasteiger partial charge in [0.05, 0.1) is 24.7 Å². The Morgan fingerprint density at radius 2 is 2.05 bits per heavy atom. The van der Waals surface area contributed by atoms with Crippen molar-refractivity contribution >= 4 is 5.97 Å². The molecule has 1 aromatic rings. The number of alkyl halides is 3. The van der Waals surface area contributed by atoms with Crippen LogP contribution in [0.3, 0.4) is 0 Å². The van der Waals surface area contributed by atoms with E-state index in [9.17, 15) is 22.4 Å². The summed E-state index contributed by atoms with van der Waals surface area (Å²) in [6, 6.07) is 3.21. The van der Waals surface area contributed by atoms with Crippen molar-refractivity contribution in [1.29, 1.82) is 5.26 Å². The first kappa shape index (κ1) is 15.8. The Bertz CT molecular complexity index is 549. The van der Waals surface area contributed by atoms with Crippen LogP contribution in [0.1, 0.15) is 18.1 Å². The largest absolute Gasteiger partial charge is 0.573 e. The van der Waals surface area contributed by atoms with Gasteiger partial charge in [0, 0.05) is 5.56 Å². The van der Waals surface area contributed by atoms with Crippen LogP contribution >= 0.6 is 0 Å². The lowest BCUT2D eigenvalue weighted by atomic mass is 10.0. The lowest BCUT2D eigenvalue weighted by Crippen LogP contribution is -2.19. The molecule has 1 aromatic carbocycles.